The number of nitrogens with zero attached hydrogens (tertiary/aromatic N) is 1. The molecule has 2 heterocycles. The van der Waals surface area contributed by atoms with Crippen LogP contribution in [0.5, 0.6) is 0 Å². The van der Waals surface area contributed by atoms with Gasteiger partial charge in [0.2, 0.25) is 0 Å². The van der Waals surface area contributed by atoms with Crippen molar-refractivity contribution in [3.63, 3.8) is 0 Å². The fourth-order valence-corrected chi connectivity index (χ4v) is 2.18. The molecule has 2 aromatic rings. The van der Waals surface area contributed by atoms with E-state index in [9.17, 15) is 4.79 Å². The van der Waals surface area contributed by atoms with Crippen molar-refractivity contribution in [3.8, 4) is 10.4 Å². The second-order valence-electron chi connectivity index (χ2n) is 2.88. The molecule has 0 N–H and O–H groups in total. The monoisotopic (exact) mass is 203 g/mol. The van der Waals surface area contributed by atoms with Crippen LogP contribution in [0.15, 0.2) is 36.7 Å². The summed E-state index contributed by atoms with van der Waals surface area (Å²) in [4.78, 5) is 16.6. The van der Waals surface area contributed by atoms with Crippen LogP contribution in [0.25, 0.3) is 10.4 Å². The van der Waals surface area contributed by atoms with Gasteiger partial charge in [-0.3, -0.25) is 4.98 Å². The van der Waals surface area contributed by atoms with E-state index in [4.69, 9.17) is 0 Å². The standard InChI is InChI=1S/C11H9NOS/c13-7-5-10-3-4-11(14-10)9-2-1-6-12-8-9/h1-4,6-8H,5H2. The molecule has 2 aromatic heterocycles. The summed E-state index contributed by atoms with van der Waals surface area (Å²) < 4.78 is 0. The maximum atomic E-state index is 10.3. The topological polar surface area (TPSA) is 30.0 Å². The summed E-state index contributed by atoms with van der Waals surface area (Å²) in [7, 11) is 0. The fourth-order valence-electron chi connectivity index (χ4n) is 1.23. The van der Waals surface area contributed by atoms with Crippen molar-refractivity contribution in [2.75, 3.05) is 0 Å². The Kier molecular flexibility index (Phi) is 2.70. The van der Waals surface area contributed by atoms with Crippen molar-refractivity contribution in [3.05, 3.63) is 41.5 Å². The second-order valence-corrected chi connectivity index (χ2v) is 4.05. The summed E-state index contributed by atoms with van der Waals surface area (Å²) in [6, 6.07) is 7.94. The Hall–Kier alpha value is -1.48. The van der Waals surface area contributed by atoms with E-state index >= 15 is 0 Å². The van der Waals surface area contributed by atoms with Crippen LogP contribution in [-0.4, -0.2) is 11.3 Å². The van der Waals surface area contributed by atoms with E-state index in [1.54, 1.807) is 17.5 Å². The summed E-state index contributed by atoms with van der Waals surface area (Å²) in [5.74, 6) is 0. The number of hydrogen-bond acceptors (Lipinski definition) is 3. The second kappa shape index (κ2) is 4.15. The molecule has 0 aliphatic carbocycles. The molecule has 0 unspecified atom stereocenters. The molecule has 0 aliphatic heterocycles. The normalized spacial score (nSPS) is 10.0. The lowest BCUT2D eigenvalue weighted by molar-refractivity contribution is -0.107. The highest BCUT2D eigenvalue weighted by atomic mass is 32.1. The first-order valence-corrected chi connectivity index (χ1v) is 5.14. The third kappa shape index (κ3) is 1.88. The van der Waals surface area contributed by atoms with Gasteiger partial charge < -0.3 is 4.79 Å². The number of thiophene rings is 1. The van der Waals surface area contributed by atoms with Crippen molar-refractivity contribution in [1.82, 2.24) is 4.98 Å². The van der Waals surface area contributed by atoms with Crippen molar-refractivity contribution >= 4 is 17.6 Å². The van der Waals surface area contributed by atoms with Crippen LogP contribution in [0, 0.1) is 0 Å². The Labute approximate surface area is 86.2 Å². The highest BCUT2D eigenvalue weighted by Crippen LogP contribution is 2.27. The first kappa shape index (κ1) is 9.09. The van der Waals surface area contributed by atoms with E-state index in [1.165, 1.54) is 0 Å². The first-order chi connectivity index (χ1) is 6.90. The van der Waals surface area contributed by atoms with Gasteiger partial charge in [-0.2, -0.15) is 0 Å². The van der Waals surface area contributed by atoms with Gasteiger partial charge >= 0.3 is 0 Å². The molecule has 0 spiro atoms. The minimum atomic E-state index is 0.505. The molecule has 14 heavy (non-hydrogen) atoms. The van der Waals surface area contributed by atoms with Crippen LogP contribution in [-0.2, 0) is 11.2 Å². The molecule has 0 saturated carbocycles. The van der Waals surface area contributed by atoms with Gasteiger partial charge in [-0.05, 0) is 18.2 Å². The van der Waals surface area contributed by atoms with Gasteiger partial charge in [0.25, 0.3) is 0 Å². The third-order valence-corrected chi connectivity index (χ3v) is 3.05. The number of aromatic nitrogens is 1. The molecular weight excluding hydrogens is 194 g/mol. The van der Waals surface area contributed by atoms with Crippen LogP contribution < -0.4 is 0 Å². The van der Waals surface area contributed by atoms with Gasteiger partial charge in [0.1, 0.15) is 6.29 Å². The minimum Gasteiger partial charge on any atom is -0.303 e. The molecule has 0 aliphatic rings. The molecule has 2 nitrogen and oxygen atoms in total. The molecule has 0 amide bonds. The maximum Gasteiger partial charge on any atom is 0.125 e. The zero-order valence-electron chi connectivity index (χ0n) is 7.51. The highest BCUT2D eigenvalue weighted by molar-refractivity contribution is 7.15. The average molecular weight is 203 g/mol. The van der Waals surface area contributed by atoms with E-state index in [1.807, 2.05) is 30.5 Å². The Morgan fingerprint density at radius 2 is 2.29 bits per heavy atom. The van der Waals surface area contributed by atoms with Crippen LogP contribution in [0.3, 0.4) is 0 Å². The van der Waals surface area contributed by atoms with E-state index in [0.29, 0.717) is 6.42 Å². The van der Waals surface area contributed by atoms with Gasteiger partial charge in [0, 0.05) is 34.1 Å². The lowest BCUT2D eigenvalue weighted by Crippen LogP contribution is -1.76. The number of carbonyl (C=O) groups excluding carboxylic acids is 1. The van der Waals surface area contributed by atoms with Crippen molar-refractivity contribution in [2.24, 2.45) is 0 Å². The van der Waals surface area contributed by atoms with Crippen LogP contribution in [0.4, 0.5) is 0 Å². The lowest BCUT2D eigenvalue weighted by Gasteiger charge is -1.93. The quantitative estimate of drug-likeness (QED) is 0.717. The Balaban J connectivity index is 2.29. The van der Waals surface area contributed by atoms with Crippen molar-refractivity contribution in [2.45, 2.75) is 6.42 Å². The number of pyridine rings is 1. The molecule has 70 valence electrons. The third-order valence-electron chi connectivity index (χ3n) is 1.89. The molecule has 0 radical (unpaired) electrons. The Morgan fingerprint density at radius 3 is 3.00 bits per heavy atom. The van der Waals surface area contributed by atoms with E-state index in [-0.39, 0.29) is 0 Å². The zero-order valence-corrected chi connectivity index (χ0v) is 8.33. The molecular formula is C11H9NOS. The van der Waals surface area contributed by atoms with Gasteiger partial charge in [0.05, 0.1) is 0 Å². The molecule has 0 fully saturated rings. The molecule has 0 atom stereocenters. The molecule has 0 aromatic carbocycles. The van der Waals surface area contributed by atoms with E-state index < -0.39 is 0 Å². The van der Waals surface area contributed by atoms with Crippen LogP contribution in [0.1, 0.15) is 4.88 Å². The lowest BCUT2D eigenvalue weighted by atomic mass is 10.2. The highest BCUT2D eigenvalue weighted by Gasteiger charge is 2.01. The zero-order chi connectivity index (χ0) is 9.80. The fraction of sp³-hybridized carbons (Fsp3) is 0.0909. The largest absolute Gasteiger partial charge is 0.303 e. The summed E-state index contributed by atoms with van der Waals surface area (Å²) in [6.07, 6.45) is 5.02. The number of carbonyl (C=O) groups is 1. The molecule has 0 bridgehead atoms. The summed E-state index contributed by atoms with van der Waals surface area (Å²) in [5.41, 5.74) is 1.11. The van der Waals surface area contributed by atoms with E-state index in [2.05, 4.69) is 4.98 Å². The number of hydrogen-bond donors (Lipinski definition) is 0. The van der Waals surface area contributed by atoms with Crippen LogP contribution in [0.2, 0.25) is 0 Å². The first-order valence-electron chi connectivity index (χ1n) is 4.33. The van der Waals surface area contributed by atoms with Gasteiger partial charge in [0.15, 0.2) is 0 Å². The van der Waals surface area contributed by atoms with Gasteiger partial charge in [-0.15, -0.1) is 11.3 Å². The predicted molar refractivity (Wildman–Crippen MR) is 57.3 cm³/mol. The summed E-state index contributed by atoms with van der Waals surface area (Å²) in [5, 5.41) is 0. The number of rotatable bonds is 3. The number of aldehydes is 1. The SMILES string of the molecule is O=CCc1ccc(-c2cccnc2)s1. The predicted octanol–water partition coefficient (Wildman–Crippen LogP) is 2.55. The smallest absolute Gasteiger partial charge is 0.125 e. The Morgan fingerprint density at radius 1 is 1.36 bits per heavy atom. The van der Waals surface area contributed by atoms with Crippen LogP contribution >= 0.6 is 11.3 Å². The Bertz CT molecular complexity index is 422. The summed E-state index contributed by atoms with van der Waals surface area (Å²) in [6.45, 7) is 0. The minimum absolute atomic E-state index is 0.505. The van der Waals surface area contributed by atoms with Gasteiger partial charge in [-0.25, -0.2) is 0 Å². The van der Waals surface area contributed by atoms with Gasteiger partial charge in [-0.1, -0.05) is 6.07 Å². The summed E-state index contributed by atoms with van der Waals surface area (Å²) >= 11 is 1.64. The van der Waals surface area contributed by atoms with Crippen molar-refractivity contribution < 1.29 is 4.79 Å². The molecule has 0 saturated heterocycles. The van der Waals surface area contributed by atoms with E-state index in [0.717, 1.165) is 21.6 Å². The molecule has 3 heteroatoms. The molecule has 2 rings (SSSR count). The average Bonchev–Trinajstić information content (AvgIpc) is 2.68. The van der Waals surface area contributed by atoms with Crippen molar-refractivity contribution in [1.29, 1.82) is 0 Å². The maximum absolute atomic E-state index is 10.3.